The number of carbonyl (C=O) groups excluding carboxylic acids is 1. The molecule has 100 valence electrons. The number of thiazole rings is 1. The van der Waals surface area contributed by atoms with Gasteiger partial charge in [0.15, 0.2) is 0 Å². The van der Waals surface area contributed by atoms with Crippen molar-refractivity contribution in [2.75, 3.05) is 0 Å². The van der Waals surface area contributed by atoms with Crippen LogP contribution in [-0.2, 0) is 11.3 Å². The van der Waals surface area contributed by atoms with Crippen LogP contribution in [0.5, 0.6) is 0 Å². The molecule has 0 saturated carbocycles. The second-order valence-electron chi connectivity index (χ2n) is 4.37. The van der Waals surface area contributed by atoms with Gasteiger partial charge in [0.25, 0.3) is 0 Å². The molecule has 0 spiro atoms. The van der Waals surface area contributed by atoms with Crippen LogP contribution in [0.15, 0.2) is 41.9 Å². The molecule has 0 fully saturated rings. The fourth-order valence-corrected chi connectivity index (χ4v) is 2.35. The Morgan fingerprint density at radius 2 is 2.16 bits per heavy atom. The standard InChI is InChI=1S/C14H17N3OS/c1-10(13(15)11-5-3-2-4-6-11)14(18)17-9-12-16-7-8-19-12/h2-8,10,13H,9,15H2,1H3,(H,17,18). The molecule has 2 unspecified atom stereocenters. The van der Waals surface area contributed by atoms with Crippen LogP contribution in [0.25, 0.3) is 0 Å². The fourth-order valence-electron chi connectivity index (χ4n) is 1.79. The van der Waals surface area contributed by atoms with Gasteiger partial charge in [-0.15, -0.1) is 11.3 Å². The average Bonchev–Trinajstić information content (AvgIpc) is 2.97. The Hall–Kier alpha value is -1.72. The SMILES string of the molecule is CC(C(=O)NCc1nccs1)C(N)c1ccccc1. The van der Waals surface area contributed by atoms with Crippen LogP contribution in [-0.4, -0.2) is 10.9 Å². The molecule has 0 saturated heterocycles. The third-order valence-electron chi connectivity index (χ3n) is 3.03. The highest BCUT2D eigenvalue weighted by Crippen LogP contribution is 2.19. The second kappa shape index (κ2) is 6.45. The van der Waals surface area contributed by atoms with E-state index in [0.29, 0.717) is 6.54 Å². The lowest BCUT2D eigenvalue weighted by atomic mass is 9.95. The van der Waals surface area contributed by atoms with Crippen molar-refractivity contribution in [3.8, 4) is 0 Å². The van der Waals surface area contributed by atoms with E-state index in [1.807, 2.05) is 42.6 Å². The molecule has 19 heavy (non-hydrogen) atoms. The molecule has 2 rings (SSSR count). The largest absolute Gasteiger partial charge is 0.349 e. The maximum Gasteiger partial charge on any atom is 0.225 e. The first-order valence-electron chi connectivity index (χ1n) is 6.15. The van der Waals surface area contributed by atoms with Crippen molar-refractivity contribution in [1.82, 2.24) is 10.3 Å². The molecule has 0 radical (unpaired) electrons. The molecule has 1 aromatic carbocycles. The summed E-state index contributed by atoms with van der Waals surface area (Å²) in [5.41, 5.74) is 7.09. The zero-order chi connectivity index (χ0) is 13.7. The molecule has 2 aromatic rings. The van der Waals surface area contributed by atoms with Crippen LogP contribution < -0.4 is 11.1 Å². The summed E-state index contributed by atoms with van der Waals surface area (Å²) in [5, 5.41) is 5.65. The maximum atomic E-state index is 12.0. The molecular formula is C14H17N3OS. The van der Waals surface area contributed by atoms with Gasteiger partial charge in [-0.1, -0.05) is 37.3 Å². The summed E-state index contributed by atoms with van der Waals surface area (Å²) in [4.78, 5) is 16.2. The van der Waals surface area contributed by atoms with E-state index in [4.69, 9.17) is 5.73 Å². The van der Waals surface area contributed by atoms with Gasteiger partial charge in [-0.25, -0.2) is 4.98 Å². The third-order valence-corrected chi connectivity index (χ3v) is 3.81. The number of rotatable bonds is 5. The number of hydrogen-bond donors (Lipinski definition) is 2. The van der Waals surface area contributed by atoms with E-state index in [2.05, 4.69) is 10.3 Å². The molecule has 4 nitrogen and oxygen atoms in total. The molecule has 5 heteroatoms. The number of nitrogens with two attached hydrogens (primary N) is 1. The number of nitrogens with one attached hydrogen (secondary N) is 1. The van der Waals surface area contributed by atoms with Gasteiger partial charge in [-0.3, -0.25) is 4.79 Å². The van der Waals surface area contributed by atoms with E-state index >= 15 is 0 Å². The first-order chi connectivity index (χ1) is 9.18. The number of amides is 1. The Kier molecular flexibility index (Phi) is 4.65. The van der Waals surface area contributed by atoms with Crippen molar-refractivity contribution in [2.24, 2.45) is 11.7 Å². The number of benzene rings is 1. The summed E-state index contributed by atoms with van der Waals surface area (Å²) in [7, 11) is 0. The second-order valence-corrected chi connectivity index (χ2v) is 5.35. The fraction of sp³-hybridized carbons (Fsp3) is 0.286. The number of nitrogens with zero attached hydrogens (tertiary/aromatic N) is 1. The number of carbonyl (C=O) groups is 1. The van der Waals surface area contributed by atoms with Crippen molar-refractivity contribution >= 4 is 17.2 Å². The van der Waals surface area contributed by atoms with E-state index in [1.165, 1.54) is 11.3 Å². The van der Waals surface area contributed by atoms with Crippen LogP contribution in [0.3, 0.4) is 0 Å². The Balaban J connectivity index is 1.91. The quantitative estimate of drug-likeness (QED) is 0.878. The highest BCUT2D eigenvalue weighted by atomic mass is 32.1. The normalized spacial score (nSPS) is 13.8. The van der Waals surface area contributed by atoms with Crippen LogP contribution in [0, 0.1) is 5.92 Å². The number of aromatic nitrogens is 1. The van der Waals surface area contributed by atoms with Crippen LogP contribution in [0.4, 0.5) is 0 Å². The highest BCUT2D eigenvalue weighted by molar-refractivity contribution is 7.09. The first kappa shape index (κ1) is 13.7. The topological polar surface area (TPSA) is 68.0 Å². The van der Waals surface area contributed by atoms with E-state index in [-0.39, 0.29) is 17.9 Å². The predicted octanol–water partition coefficient (Wildman–Crippen LogP) is 2.10. The molecule has 1 aromatic heterocycles. The minimum atomic E-state index is -0.294. The summed E-state index contributed by atoms with van der Waals surface area (Å²) in [5.74, 6) is -0.325. The minimum absolute atomic E-state index is 0.0495. The van der Waals surface area contributed by atoms with Gasteiger partial charge in [-0.2, -0.15) is 0 Å². The van der Waals surface area contributed by atoms with E-state index in [1.54, 1.807) is 6.20 Å². The first-order valence-corrected chi connectivity index (χ1v) is 7.03. The monoisotopic (exact) mass is 275 g/mol. The molecule has 3 N–H and O–H groups in total. The molecule has 0 aliphatic heterocycles. The zero-order valence-electron chi connectivity index (χ0n) is 10.7. The highest BCUT2D eigenvalue weighted by Gasteiger charge is 2.21. The number of hydrogen-bond acceptors (Lipinski definition) is 4. The van der Waals surface area contributed by atoms with Crippen LogP contribution in [0.2, 0.25) is 0 Å². The summed E-state index contributed by atoms with van der Waals surface area (Å²) in [6.45, 7) is 2.30. The average molecular weight is 275 g/mol. The van der Waals surface area contributed by atoms with E-state index in [9.17, 15) is 4.79 Å². The van der Waals surface area contributed by atoms with Crippen LogP contribution >= 0.6 is 11.3 Å². The predicted molar refractivity (Wildman–Crippen MR) is 76.5 cm³/mol. The molecule has 0 bridgehead atoms. The summed E-state index contributed by atoms with van der Waals surface area (Å²) in [6, 6.07) is 9.37. The third kappa shape index (κ3) is 3.62. The van der Waals surface area contributed by atoms with Gasteiger partial charge in [0, 0.05) is 17.6 Å². The zero-order valence-corrected chi connectivity index (χ0v) is 11.6. The lowest BCUT2D eigenvalue weighted by molar-refractivity contribution is -0.125. The van der Waals surface area contributed by atoms with Crippen molar-refractivity contribution in [1.29, 1.82) is 0 Å². The van der Waals surface area contributed by atoms with Crippen molar-refractivity contribution in [2.45, 2.75) is 19.5 Å². The molecule has 0 aliphatic rings. The Bertz CT molecular complexity index is 513. The van der Waals surface area contributed by atoms with Crippen molar-refractivity contribution in [3.63, 3.8) is 0 Å². The lowest BCUT2D eigenvalue weighted by Crippen LogP contribution is -2.35. The Morgan fingerprint density at radius 3 is 2.79 bits per heavy atom. The summed E-state index contributed by atoms with van der Waals surface area (Å²) >= 11 is 1.52. The molecule has 0 aliphatic carbocycles. The van der Waals surface area contributed by atoms with Gasteiger partial charge in [0.2, 0.25) is 5.91 Å². The van der Waals surface area contributed by atoms with Crippen molar-refractivity contribution < 1.29 is 4.79 Å². The van der Waals surface area contributed by atoms with Gasteiger partial charge in [0.05, 0.1) is 12.5 Å². The molecule has 2 atom stereocenters. The Labute approximate surface area is 116 Å². The molecule has 1 heterocycles. The molecule has 1 amide bonds. The summed E-state index contributed by atoms with van der Waals surface area (Å²) < 4.78 is 0. The van der Waals surface area contributed by atoms with Gasteiger partial charge in [0.1, 0.15) is 5.01 Å². The van der Waals surface area contributed by atoms with E-state index < -0.39 is 0 Å². The van der Waals surface area contributed by atoms with Crippen molar-refractivity contribution in [3.05, 3.63) is 52.5 Å². The van der Waals surface area contributed by atoms with E-state index in [0.717, 1.165) is 10.6 Å². The minimum Gasteiger partial charge on any atom is -0.349 e. The van der Waals surface area contributed by atoms with Gasteiger partial charge in [-0.05, 0) is 5.56 Å². The van der Waals surface area contributed by atoms with Gasteiger partial charge >= 0.3 is 0 Å². The maximum absolute atomic E-state index is 12.0. The lowest BCUT2D eigenvalue weighted by Gasteiger charge is -2.19. The van der Waals surface area contributed by atoms with Crippen LogP contribution in [0.1, 0.15) is 23.5 Å². The smallest absolute Gasteiger partial charge is 0.225 e. The summed E-state index contributed by atoms with van der Waals surface area (Å²) in [6.07, 6.45) is 1.73. The molecular weight excluding hydrogens is 258 g/mol. The Morgan fingerprint density at radius 1 is 1.42 bits per heavy atom. The van der Waals surface area contributed by atoms with Gasteiger partial charge < -0.3 is 11.1 Å².